The van der Waals surface area contributed by atoms with Crippen molar-refractivity contribution in [3.05, 3.63) is 56.4 Å². The number of anilines is 2. The van der Waals surface area contributed by atoms with Crippen LogP contribution in [0.2, 0.25) is 10.2 Å². The van der Waals surface area contributed by atoms with Gasteiger partial charge in [0.1, 0.15) is 28.1 Å². The van der Waals surface area contributed by atoms with Crippen LogP contribution in [-0.2, 0) is 7.05 Å². The van der Waals surface area contributed by atoms with Crippen LogP contribution in [-0.4, -0.2) is 29.8 Å². The van der Waals surface area contributed by atoms with Crippen molar-refractivity contribution in [2.75, 3.05) is 30.8 Å². The third-order valence-corrected chi connectivity index (χ3v) is 5.61. The maximum absolute atomic E-state index is 12.4. The van der Waals surface area contributed by atoms with Gasteiger partial charge in [-0.3, -0.25) is 4.79 Å². The third-order valence-electron chi connectivity index (χ3n) is 5.16. The van der Waals surface area contributed by atoms with Gasteiger partial charge in [0, 0.05) is 31.2 Å². The Balaban J connectivity index is 0.000000229. The zero-order valence-corrected chi connectivity index (χ0v) is 18.9. The summed E-state index contributed by atoms with van der Waals surface area (Å²) < 4.78 is 6.38. The number of aryl methyl sites for hydroxylation is 1. The molecule has 9 heteroatoms. The standard InChI is InChI=1S/C15H15ClN4O.C7H8ClNO/c1-19-11-5-6-12(16)18-13(11)14(10(9-17)15(19)21)20-7-3-2-4-8-20;1-10-7-4-5(8)2-3-6(7)9/h5-6H,2-4,7-8H2,1H3;2-4H,9H2,1H3. The number of nitriles is 1. The summed E-state index contributed by atoms with van der Waals surface area (Å²) in [5.74, 6) is 0.618. The molecule has 1 aliphatic heterocycles. The van der Waals surface area contributed by atoms with E-state index in [-0.39, 0.29) is 11.1 Å². The number of piperidine rings is 1. The first-order valence-electron chi connectivity index (χ1n) is 9.80. The number of hydrogen-bond donors (Lipinski definition) is 1. The zero-order chi connectivity index (χ0) is 22.5. The lowest BCUT2D eigenvalue weighted by molar-refractivity contribution is 0.417. The highest BCUT2D eigenvalue weighted by Crippen LogP contribution is 2.30. The van der Waals surface area contributed by atoms with Crippen molar-refractivity contribution in [3.8, 4) is 11.8 Å². The Kier molecular flexibility index (Phi) is 7.26. The number of rotatable bonds is 2. The second kappa shape index (κ2) is 9.90. The smallest absolute Gasteiger partial charge is 0.270 e. The average molecular weight is 460 g/mol. The van der Waals surface area contributed by atoms with Crippen molar-refractivity contribution < 1.29 is 4.74 Å². The second-order valence-electron chi connectivity index (χ2n) is 7.14. The summed E-state index contributed by atoms with van der Waals surface area (Å²) in [6.07, 6.45) is 3.29. The number of aromatic nitrogens is 2. The number of nitrogens with two attached hydrogens (primary N) is 1. The van der Waals surface area contributed by atoms with E-state index in [0.717, 1.165) is 25.9 Å². The van der Waals surface area contributed by atoms with Crippen molar-refractivity contribution in [2.24, 2.45) is 7.05 Å². The second-order valence-corrected chi connectivity index (χ2v) is 7.96. The minimum atomic E-state index is -0.283. The first kappa shape index (κ1) is 22.7. The molecule has 1 fully saturated rings. The highest BCUT2D eigenvalue weighted by atomic mass is 35.5. The molecule has 2 aromatic heterocycles. The van der Waals surface area contributed by atoms with Gasteiger partial charge in [-0.2, -0.15) is 5.26 Å². The highest BCUT2D eigenvalue weighted by Gasteiger charge is 2.23. The lowest BCUT2D eigenvalue weighted by Gasteiger charge is -2.30. The molecule has 1 aromatic carbocycles. The molecule has 0 radical (unpaired) electrons. The summed E-state index contributed by atoms with van der Waals surface area (Å²) in [6.45, 7) is 1.68. The number of nitrogens with zero attached hydrogens (tertiary/aromatic N) is 4. The fourth-order valence-electron chi connectivity index (χ4n) is 3.58. The quantitative estimate of drug-likeness (QED) is 0.450. The van der Waals surface area contributed by atoms with Crippen LogP contribution >= 0.6 is 23.2 Å². The van der Waals surface area contributed by atoms with Gasteiger partial charge in [0.25, 0.3) is 5.56 Å². The normalized spacial score (nSPS) is 13.3. The number of fused-ring (bicyclic) bond motifs is 1. The van der Waals surface area contributed by atoms with E-state index in [4.69, 9.17) is 33.7 Å². The Morgan fingerprint density at radius 2 is 1.87 bits per heavy atom. The van der Waals surface area contributed by atoms with Gasteiger partial charge in [-0.1, -0.05) is 23.2 Å². The molecule has 0 unspecified atom stereocenters. The van der Waals surface area contributed by atoms with E-state index in [9.17, 15) is 10.1 Å². The molecule has 0 bridgehead atoms. The van der Waals surface area contributed by atoms with E-state index in [1.165, 1.54) is 11.0 Å². The number of benzene rings is 1. The Labute approximate surface area is 190 Å². The van der Waals surface area contributed by atoms with Crippen molar-refractivity contribution in [1.82, 2.24) is 9.55 Å². The lowest BCUT2D eigenvalue weighted by Crippen LogP contribution is -2.33. The van der Waals surface area contributed by atoms with Crippen LogP contribution in [0.15, 0.2) is 35.1 Å². The predicted octanol–water partition coefficient (Wildman–Crippen LogP) is 4.38. The Hall–Kier alpha value is -2.95. The molecule has 3 heterocycles. The topological polar surface area (TPSA) is 97.2 Å². The van der Waals surface area contributed by atoms with Gasteiger partial charge < -0.3 is 19.9 Å². The van der Waals surface area contributed by atoms with Crippen LogP contribution in [0.1, 0.15) is 24.8 Å². The number of halogens is 2. The first-order valence-corrected chi connectivity index (χ1v) is 10.6. The fourth-order valence-corrected chi connectivity index (χ4v) is 3.89. The number of methoxy groups -OCH3 is 1. The van der Waals surface area contributed by atoms with Crippen LogP contribution in [0.4, 0.5) is 11.4 Å². The van der Waals surface area contributed by atoms with E-state index >= 15 is 0 Å². The van der Waals surface area contributed by atoms with Crippen LogP contribution in [0.5, 0.6) is 5.75 Å². The molecule has 0 atom stereocenters. The van der Waals surface area contributed by atoms with Gasteiger partial charge in [0.05, 0.1) is 24.0 Å². The molecule has 1 aliphatic rings. The SMILES string of the molecule is COc1cc(Cl)ccc1N.Cn1c(=O)c(C#N)c(N2CCCCC2)c2nc(Cl)ccc21. The average Bonchev–Trinajstić information content (AvgIpc) is 2.78. The Morgan fingerprint density at radius 3 is 2.48 bits per heavy atom. The summed E-state index contributed by atoms with van der Waals surface area (Å²) in [7, 11) is 3.21. The maximum atomic E-state index is 12.4. The number of pyridine rings is 2. The van der Waals surface area contributed by atoms with E-state index in [2.05, 4.69) is 16.0 Å². The van der Waals surface area contributed by atoms with Gasteiger partial charge in [-0.05, 0) is 43.5 Å². The van der Waals surface area contributed by atoms with E-state index in [1.54, 1.807) is 44.5 Å². The summed E-state index contributed by atoms with van der Waals surface area (Å²) >= 11 is 11.7. The monoisotopic (exact) mass is 459 g/mol. The van der Waals surface area contributed by atoms with Gasteiger partial charge in [-0.25, -0.2) is 4.98 Å². The fraction of sp³-hybridized carbons (Fsp3) is 0.318. The van der Waals surface area contributed by atoms with E-state index in [0.29, 0.717) is 38.3 Å². The summed E-state index contributed by atoms with van der Waals surface area (Å²) in [6, 6.07) is 10.6. The Morgan fingerprint density at radius 1 is 1.16 bits per heavy atom. The molecule has 4 rings (SSSR count). The molecule has 2 N–H and O–H groups in total. The zero-order valence-electron chi connectivity index (χ0n) is 17.4. The van der Waals surface area contributed by atoms with Crippen molar-refractivity contribution >= 4 is 45.6 Å². The van der Waals surface area contributed by atoms with E-state index in [1.807, 2.05) is 0 Å². The highest BCUT2D eigenvalue weighted by molar-refractivity contribution is 6.30. The maximum Gasteiger partial charge on any atom is 0.270 e. The predicted molar refractivity (Wildman–Crippen MR) is 125 cm³/mol. The summed E-state index contributed by atoms with van der Waals surface area (Å²) in [5.41, 5.74) is 7.95. The Bertz CT molecular complexity index is 1200. The molecule has 3 aromatic rings. The molecular weight excluding hydrogens is 437 g/mol. The van der Waals surface area contributed by atoms with E-state index < -0.39 is 0 Å². The first-order chi connectivity index (χ1) is 14.9. The molecule has 0 aliphatic carbocycles. The van der Waals surface area contributed by atoms with Gasteiger partial charge >= 0.3 is 0 Å². The van der Waals surface area contributed by atoms with Crippen LogP contribution in [0, 0.1) is 11.3 Å². The minimum absolute atomic E-state index is 0.154. The molecule has 31 heavy (non-hydrogen) atoms. The molecule has 0 amide bonds. The largest absolute Gasteiger partial charge is 0.495 e. The van der Waals surface area contributed by atoms with Gasteiger partial charge in [0.2, 0.25) is 0 Å². The number of nitrogen functional groups attached to an aromatic ring is 1. The number of hydrogen-bond acceptors (Lipinski definition) is 6. The molecule has 162 valence electrons. The van der Waals surface area contributed by atoms with Crippen LogP contribution in [0.25, 0.3) is 11.0 Å². The van der Waals surface area contributed by atoms with Crippen molar-refractivity contribution in [1.29, 1.82) is 5.26 Å². The molecule has 0 spiro atoms. The lowest BCUT2D eigenvalue weighted by atomic mass is 10.1. The van der Waals surface area contributed by atoms with Crippen molar-refractivity contribution in [3.63, 3.8) is 0 Å². The number of ether oxygens (including phenoxy) is 1. The van der Waals surface area contributed by atoms with Gasteiger partial charge in [-0.15, -0.1) is 0 Å². The van der Waals surface area contributed by atoms with Crippen LogP contribution < -0.4 is 20.9 Å². The van der Waals surface area contributed by atoms with Crippen molar-refractivity contribution in [2.45, 2.75) is 19.3 Å². The third kappa shape index (κ3) is 4.87. The molecule has 1 saturated heterocycles. The summed E-state index contributed by atoms with van der Waals surface area (Å²) in [4.78, 5) is 18.9. The molecule has 0 saturated carbocycles. The summed E-state index contributed by atoms with van der Waals surface area (Å²) in [5, 5.41) is 10.4. The van der Waals surface area contributed by atoms with Gasteiger partial charge in [0.15, 0.2) is 0 Å². The van der Waals surface area contributed by atoms with Crippen LogP contribution in [0.3, 0.4) is 0 Å². The minimum Gasteiger partial charge on any atom is -0.495 e. The molecular formula is C22H23Cl2N5O2. The molecule has 7 nitrogen and oxygen atoms in total.